The summed E-state index contributed by atoms with van der Waals surface area (Å²) < 4.78 is 5.78. The summed E-state index contributed by atoms with van der Waals surface area (Å²) in [7, 11) is 0. The van der Waals surface area contributed by atoms with Gasteiger partial charge in [-0.2, -0.15) is 0 Å². The van der Waals surface area contributed by atoms with Gasteiger partial charge in [0, 0.05) is 30.2 Å². The van der Waals surface area contributed by atoms with Crippen LogP contribution in [-0.4, -0.2) is 23.2 Å². The Hall–Kier alpha value is -3.05. The number of hydrogen-bond acceptors (Lipinski definition) is 5. The molecule has 1 heterocycles. The number of aliphatic hydroxyl groups is 1. The van der Waals surface area contributed by atoms with Crippen molar-refractivity contribution >= 4 is 17.2 Å². The maximum Gasteiger partial charge on any atom is 0.128 e. The Balaban J connectivity index is 1.64. The largest absolute Gasteiger partial charge is 0.457 e. The van der Waals surface area contributed by atoms with E-state index in [0.717, 1.165) is 28.7 Å². The van der Waals surface area contributed by atoms with Crippen LogP contribution in [0.1, 0.15) is 0 Å². The number of benzene rings is 2. The molecule has 24 heavy (non-hydrogen) atoms. The smallest absolute Gasteiger partial charge is 0.128 e. The summed E-state index contributed by atoms with van der Waals surface area (Å²) in [6, 6.07) is 21.2. The zero-order valence-corrected chi connectivity index (χ0v) is 13.1. The van der Waals surface area contributed by atoms with E-state index in [4.69, 9.17) is 9.84 Å². The Morgan fingerprint density at radius 1 is 0.875 bits per heavy atom. The van der Waals surface area contributed by atoms with E-state index < -0.39 is 0 Å². The van der Waals surface area contributed by atoms with Crippen molar-refractivity contribution in [3.63, 3.8) is 0 Å². The summed E-state index contributed by atoms with van der Waals surface area (Å²) in [5.41, 5.74) is 1.87. The minimum absolute atomic E-state index is 0.0716. The van der Waals surface area contributed by atoms with E-state index in [2.05, 4.69) is 15.6 Å². The summed E-state index contributed by atoms with van der Waals surface area (Å²) in [6.07, 6.45) is 1.72. The van der Waals surface area contributed by atoms with Crippen LogP contribution >= 0.6 is 0 Å². The average Bonchev–Trinajstić information content (AvgIpc) is 2.63. The molecule has 5 nitrogen and oxygen atoms in total. The molecule has 3 N–H and O–H groups in total. The third-order valence-electron chi connectivity index (χ3n) is 3.30. The second kappa shape index (κ2) is 7.99. The highest BCUT2D eigenvalue weighted by molar-refractivity contribution is 5.63. The van der Waals surface area contributed by atoms with Gasteiger partial charge in [0.1, 0.15) is 17.3 Å². The van der Waals surface area contributed by atoms with E-state index in [1.165, 1.54) is 0 Å². The summed E-state index contributed by atoms with van der Waals surface area (Å²) in [5, 5.41) is 15.2. The summed E-state index contributed by atoms with van der Waals surface area (Å²) in [5.74, 6) is 2.32. The quantitative estimate of drug-likeness (QED) is 0.613. The minimum atomic E-state index is 0.0716. The molecule has 0 fully saturated rings. The Morgan fingerprint density at radius 2 is 1.62 bits per heavy atom. The van der Waals surface area contributed by atoms with Crippen molar-refractivity contribution in [1.29, 1.82) is 0 Å². The van der Waals surface area contributed by atoms with E-state index in [9.17, 15) is 0 Å². The highest BCUT2D eigenvalue weighted by atomic mass is 16.5. The first-order valence-corrected chi connectivity index (χ1v) is 7.74. The predicted molar refractivity (Wildman–Crippen MR) is 96.1 cm³/mol. The van der Waals surface area contributed by atoms with Gasteiger partial charge >= 0.3 is 0 Å². The van der Waals surface area contributed by atoms with E-state index in [1.807, 2.05) is 66.7 Å². The van der Waals surface area contributed by atoms with Crippen molar-refractivity contribution in [2.24, 2.45) is 0 Å². The first kappa shape index (κ1) is 15.8. The lowest BCUT2D eigenvalue weighted by Gasteiger charge is -2.10. The Bertz CT molecular complexity index is 761. The van der Waals surface area contributed by atoms with Crippen molar-refractivity contribution in [3.05, 3.63) is 72.9 Å². The van der Waals surface area contributed by atoms with Gasteiger partial charge in [0.2, 0.25) is 0 Å². The number of pyridine rings is 1. The van der Waals surface area contributed by atoms with Crippen LogP contribution in [0.25, 0.3) is 0 Å². The van der Waals surface area contributed by atoms with Crippen LogP contribution in [0.4, 0.5) is 17.2 Å². The van der Waals surface area contributed by atoms with Crippen molar-refractivity contribution in [3.8, 4) is 11.5 Å². The first-order valence-electron chi connectivity index (χ1n) is 7.74. The maximum atomic E-state index is 8.85. The van der Waals surface area contributed by atoms with Crippen LogP contribution in [0.3, 0.4) is 0 Å². The van der Waals surface area contributed by atoms with Gasteiger partial charge in [-0.3, -0.25) is 0 Å². The molecule has 5 heteroatoms. The van der Waals surface area contributed by atoms with Crippen molar-refractivity contribution < 1.29 is 9.84 Å². The second-order valence-corrected chi connectivity index (χ2v) is 5.14. The monoisotopic (exact) mass is 321 g/mol. The summed E-state index contributed by atoms with van der Waals surface area (Å²) in [4.78, 5) is 4.20. The van der Waals surface area contributed by atoms with Crippen LogP contribution in [0.5, 0.6) is 11.5 Å². The third-order valence-corrected chi connectivity index (χ3v) is 3.30. The predicted octanol–water partition coefficient (Wildman–Crippen LogP) is 4.02. The SMILES string of the molecule is OCCNc1cc(Nc2ccc(Oc3ccccc3)cc2)ccn1. The van der Waals surface area contributed by atoms with Crippen LogP contribution in [0.2, 0.25) is 0 Å². The van der Waals surface area contributed by atoms with Crippen LogP contribution in [0.15, 0.2) is 72.9 Å². The van der Waals surface area contributed by atoms with Gasteiger partial charge in [0.25, 0.3) is 0 Å². The molecular weight excluding hydrogens is 302 g/mol. The van der Waals surface area contributed by atoms with E-state index in [1.54, 1.807) is 6.20 Å². The summed E-state index contributed by atoms with van der Waals surface area (Å²) >= 11 is 0. The molecule has 0 saturated carbocycles. The maximum absolute atomic E-state index is 8.85. The molecule has 122 valence electrons. The Kier molecular flexibility index (Phi) is 5.27. The third kappa shape index (κ3) is 4.47. The topological polar surface area (TPSA) is 66.4 Å². The number of nitrogens with zero attached hydrogens (tertiary/aromatic N) is 1. The van der Waals surface area contributed by atoms with Crippen molar-refractivity contribution in [2.75, 3.05) is 23.8 Å². The minimum Gasteiger partial charge on any atom is -0.457 e. The number of aliphatic hydroxyl groups excluding tert-OH is 1. The molecule has 0 saturated heterocycles. The molecule has 0 spiro atoms. The Morgan fingerprint density at radius 3 is 2.38 bits per heavy atom. The molecule has 3 rings (SSSR count). The van der Waals surface area contributed by atoms with Gasteiger partial charge in [-0.05, 0) is 42.5 Å². The van der Waals surface area contributed by atoms with E-state index >= 15 is 0 Å². The molecule has 0 aliphatic carbocycles. The average molecular weight is 321 g/mol. The first-order chi connectivity index (χ1) is 11.8. The fourth-order valence-electron chi connectivity index (χ4n) is 2.19. The zero-order chi connectivity index (χ0) is 16.6. The van der Waals surface area contributed by atoms with Crippen LogP contribution in [0, 0.1) is 0 Å². The van der Waals surface area contributed by atoms with E-state index in [-0.39, 0.29) is 6.61 Å². The van der Waals surface area contributed by atoms with Gasteiger partial charge in [0.05, 0.1) is 6.61 Å². The van der Waals surface area contributed by atoms with Gasteiger partial charge in [-0.15, -0.1) is 0 Å². The lowest BCUT2D eigenvalue weighted by atomic mass is 10.2. The Labute approximate surface area is 141 Å². The molecule has 0 radical (unpaired) electrons. The molecular formula is C19H19N3O2. The number of aromatic nitrogens is 1. The number of nitrogens with one attached hydrogen (secondary N) is 2. The highest BCUT2D eigenvalue weighted by Gasteiger charge is 2.00. The van der Waals surface area contributed by atoms with Crippen LogP contribution < -0.4 is 15.4 Å². The lowest BCUT2D eigenvalue weighted by molar-refractivity contribution is 0.311. The molecule has 2 aromatic carbocycles. The standard InChI is InChI=1S/C19H19N3O2/c23-13-12-21-19-14-16(10-11-20-19)22-15-6-8-18(9-7-15)24-17-4-2-1-3-5-17/h1-11,14,23H,12-13H2,(H2,20,21,22). The molecule has 0 aliphatic rings. The molecule has 0 unspecified atom stereocenters. The summed E-state index contributed by atoms with van der Waals surface area (Å²) in [6.45, 7) is 0.546. The number of ether oxygens (including phenoxy) is 1. The molecule has 0 bridgehead atoms. The highest BCUT2D eigenvalue weighted by Crippen LogP contribution is 2.24. The van der Waals surface area contributed by atoms with Gasteiger partial charge < -0.3 is 20.5 Å². The number of rotatable bonds is 7. The molecule has 3 aromatic rings. The van der Waals surface area contributed by atoms with Gasteiger partial charge in [0.15, 0.2) is 0 Å². The molecule has 0 atom stereocenters. The number of para-hydroxylation sites is 1. The lowest BCUT2D eigenvalue weighted by Crippen LogP contribution is -2.06. The fraction of sp³-hybridized carbons (Fsp3) is 0.105. The number of hydrogen-bond donors (Lipinski definition) is 3. The normalized spacial score (nSPS) is 10.2. The zero-order valence-electron chi connectivity index (χ0n) is 13.1. The number of anilines is 3. The van der Waals surface area contributed by atoms with Crippen LogP contribution in [-0.2, 0) is 0 Å². The van der Waals surface area contributed by atoms with E-state index in [0.29, 0.717) is 6.54 Å². The van der Waals surface area contributed by atoms with Gasteiger partial charge in [-0.1, -0.05) is 18.2 Å². The van der Waals surface area contributed by atoms with Gasteiger partial charge in [-0.25, -0.2) is 4.98 Å². The molecule has 1 aromatic heterocycles. The molecule has 0 amide bonds. The fourth-order valence-corrected chi connectivity index (χ4v) is 2.19. The second-order valence-electron chi connectivity index (χ2n) is 5.14. The molecule has 0 aliphatic heterocycles. The van der Waals surface area contributed by atoms with Crippen molar-refractivity contribution in [1.82, 2.24) is 4.98 Å². The van der Waals surface area contributed by atoms with Crippen molar-refractivity contribution in [2.45, 2.75) is 0 Å².